The van der Waals surface area contributed by atoms with Crippen LogP contribution in [0.2, 0.25) is 10.0 Å². The van der Waals surface area contributed by atoms with E-state index in [1.807, 2.05) is 0 Å². The van der Waals surface area contributed by atoms with Crippen LogP contribution < -0.4 is 0 Å². The SMILES string of the molecule is CCCc1onc(-c2c(Cl)cccc2Cl)c1CCl. The van der Waals surface area contributed by atoms with Gasteiger partial charge in [0.25, 0.3) is 0 Å². The molecule has 0 fully saturated rings. The van der Waals surface area contributed by atoms with Gasteiger partial charge in [-0.1, -0.05) is 41.3 Å². The van der Waals surface area contributed by atoms with Crippen molar-refractivity contribution in [3.8, 4) is 11.3 Å². The highest BCUT2D eigenvalue weighted by Crippen LogP contribution is 2.37. The van der Waals surface area contributed by atoms with E-state index in [0.29, 0.717) is 27.2 Å². The molecule has 1 aromatic heterocycles. The molecule has 0 spiro atoms. The van der Waals surface area contributed by atoms with Gasteiger partial charge in [0.15, 0.2) is 0 Å². The van der Waals surface area contributed by atoms with E-state index in [2.05, 4.69) is 12.1 Å². The van der Waals surface area contributed by atoms with Crippen LogP contribution in [0, 0.1) is 0 Å². The van der Waals surface area contributed by atoms with Crippen molar-refractivity contribution in [2.45, 2.75) is 25.6 Å². The smallest absolute Gasteiger partial charge is 0.141 e. The monoisotopic (exact) mass is 303 g/mol. The van der Waals surface area contributed by atoms with E-state index in [0.717, 1.165) is 24.2 Å². The molecule has 2 aromatic rings. The fourth-order valence-electron chi connectivity index (χ4n) is 1.82. The molecule has 96 valence electrons. The topological polar surface area (TPSA) is 26.0 Å². The molecule has 1 heterocycles. The first kappa shape index (κ1) is 13.7. The molecular weight excluding hydrogens is 293 g/mol. The van der Waals surface area contributed by atoms with E-state index >= 15 is 0 Å². The largest absolute Gasteiger partial charge is 0.360 e. The van der Waals surface area contributed by atoms with Crippen LogP contribution in [0.3, 0.4) is 0 Å². The van der Waals surface area contributed by atoms with E-state index in [9.17, 15) is 0 Å². The minimum absolute atomic E-state index is 0.329. The standard InChI is InChI=1S/C13H12Cl3NO/c1-2-4-11-8(7-14)13(17-18-11)12-9(15)5-3-6-10(12)16/h3,5-6H,2,4,7H2,1H3. The molecule has 18 heavy (non-hydrogen) atoms. The number of rotatable bonds is 4. The van der Waals surface area contributed by atoms with Crippen LogP contribution >= 0.6 is 34.8 Å². The van der Waals surface area contributed by atoms with Gasteiger partial charge in [0.1, 0.15) is 11.5 Å². The summed E-state index contributed by atoms with van der Waals surface area (Å²) in [5.41, 5.74) is 2.19. The highest BCUT2D eigenvalue weighted by atomic mass is 35.5. The maximum Gasteiger partial charge on any atom is 0.141 e. The lowest BCUT2D eigenvalue weighted by atomic mass is 10.1. The van der Waals surface area contributed by atoms with Gasteiger partial charge in [-0.2, -0.15) is 0 Å². The van der Waals surface area contributed by atoms with E-state index < -0.39 is 0 Å². The molecule has 0 N–H and O–H groups in total. The highest BCUT2D eigenvalue weighted by Gasteiger charge is 2.20. The number of hydrogen-bond acceptors (Lipinski definition) is 2. The Labute approximate surface area is 121 Å². The Hall–Kier alpha value is -0.700. The minimum atomic E-state index is 0.329. The Bertz CT molecular complexity index is 531. The van der Waals surface area contributed by atoms with Crippen molar-refractivity contribution in [3.63, 3.8) is 0 Å². The van der Waals surface area contributed by atoms with Gasteiger partial charge in [0.05, 0.1) is 15.9 Å². The summed E-state index contributed by atoms with van der Waals surface area (Å²) in [6.45, 7) is 2.07. The van der Waals surface area contributed by atoms with Gasteiger partial charge < -0.3 is 4.52 Å². The second-order valence-corrected chi connectivity index (χ2v) is 4.99. The normalized spacial score (nSPS) is 10.9. The summed E-state index contributed by atoms with van der Waals surface area (Å²) in [7, 11) is 0. The first-order chi connectivity index (χ1) is 8.69. The van der Waals surface area contributed by atoms with Crippen molar-refractivity contribution < 1.29 is 4.52 Å². The Kier molecular flexibility index (Phi) is 4.55. The van der Waals surface area contributed by atoms with Gasteiger partial charge in [-0.05, 0) is 18.6 Å². The fraction of sp³-hybridized carbons (Fsp3) is 0.308. The average Bonchev–Trinajstić information content (AvgIpc) is 2.72. The predicted molar refractivity (Wildman–Crippen MR) is 75.5 cm³/mol. The fourth-order valence-corrected chi connectivity index (χ4v) is 2.68. The Morgan fingerprint density at radius 3 is 2.44 bits per heavy atom. The quantitative estimate of drug-likeness (QED) is 0.713. The van der Waals surface area contributed by atoms with Crippen LogP contribution in [0.5, 0.6) is 0 Å². The number of nitrogens with zero attached hydrogens (tertiary/aromatic N) is 1. The molecule has 2 nitrogen and oxygen atoms in total. The van der Waals surface area contributed by atoms with Gasteiger partial charge in [-0.3, -0.25) is 0 Å². The van der Waals surface area contributed by atoms with Crippen molar-refractivity contribution >= 4 is 34.8 Å². The average molecular weight is 305 g/mol. The van der Waals surface area contributed by atoms with Gasteiger partial charge >= 0.3 is 0 Å². The number of aromatic nitrogens is 1. The molecule has 0 radical (unpaired) electrons. The summed E-state index contributed by atoms with van der Waals surface area (Å²) >= 11 is 18.3. The molecule has 0 aliphatic heterocycles. The van der Waals surface area contributed by atoms with Crippen LogP contribution in [0.15, 0.2) is 22.7 Å². The first-order valence-corrected chi connectivity index (χ1v) is 6.95. The number of aryl methyl sites for hydroxylation is 1. The summed E-state index contributed by atoms with van der Waals surface area (Å²) in [5, 5.41) is 5.16. The van der Waals surface area contributed by atoms with E-state index in [-0.39, 0.29) is 0 Å². The van der Waals surface area contributed by atoms with E-state index in [1.165, 1.54) is 0 Å². The lowest BCUT2D eigenvalue weighted by Crippen LogP contribution is -1.90. The second kappa shape index (κ2) is 5.96. The summed E-state index contributed by atoms with van der Waals surface area (Å²) < 4.78 is 5.34. The van der Waals surface area contributed by atoms with Crippen LogP contribution in [0.4, 0.5) is 0 Å². The zero-order chi connectivity index (χ0) is 13.1. The van der Waals surface area contributed by atoms with Gasteiger partial charge in [0, 0.05) is 17.5 Å². The van der Waals surface area contributed by atoms with E-state index in [1.54, 1.807) is 18.2 Å². The van der Waals surface area contributed by atoms with E-state index in [4.69, 9.17) is 39.3 Å². The molecule has 0 bridgehead atoms. The van der Waals surface area contributed by atoms with Crippen molar-refractivity contribution in [1.82, 2.24) is 5.16 Å². The Morgan fingerprint density at radius 1 is 1.22 bits per heavy atom. The number of benzene rings is 1. The molecule has 0 aliphatic carbocycles. The van der Waals surface area contributed by atoms with Crippen molar-refractivity contribution in [2.24, 2.45) is 0 Å². The molecule has 0 saturated carbocycles. The molecule has 2 rings (SSSR count). The zero-order valence-electron chi connectivity index (χ0n) is 9.84. The number of hydrogen-bond donors (Lipinski definition) is 0. The van der Waals surface area contributed by atoms with Crippen LogP contribution in [0.1, 0.15) is 24.7 Å². The lowest BCUT2D eigenvalue weighted by Gasteiger charge is -2.05. The summed E-state index contributed by atoms with van der Waals surface area (Å²) in [4.78, 5) is 0. The number of halogens is 3. The van der Waals surface area contributed by atoms with Crippen molar-refractivity contribution in [2.75, 3.05) is 0 Å². The third kappa shape index (κ3) is 2.51. The Morgan fingerprint density at radius 2 is 1.89 bits per heavy atom. The van der Waals surface area contributed by atoms with Gasteiger partial charge in [-0.25, -0.2) is 0 Å². The molecule has 1 aromatic carbocycles. The van der Waals surface area contributed by atoms with Crippen LogP contribution in [-0.2, 0) is 12.3 Å². The molecule has 0 saturated heterocycles. The first-order valence-electron chi connectivity index (χ1n) is 5.66. The van der Waals surface area contributed by atoms with Gasteiger partial charge in [0.2, 0.25) is 0 Å². The molecule has 0 aliphatic rings. The second-order valence-electron chi connectivity index (χ2n) is 3.91. The zero-order valence-corrected chi connectivity index (χ0v) is 12.1. The molecular formula is C13H12Cl3NO. The third-order valence-electron chi connectivity index (χ3n) is 2.68. The summed E-state index contributed by atoms with van der Waals surface area (Å²) in [5.74, 6) is 1.13. The molecule has 0 atom stereocenters. The molecule has 0 unspecified atom stereocenters. The Balaban J connectivity index is 2.57. The number of alkyl halides is 1. The van der Waals surface area contributed by atoms with Crippen LogP contribution in [0.25, 0.3) is 11.3 Å². The predicted octanol–water partition coefficient (Wildman–Crippen LogP) is 5.34. The molecule has 5 heteroatoms. The van der Waals surface area contributed by atoms with Crippen molar-refractivity contribution in [3.05, 3.63) is 39.6 Å². The summed E-state index contributed by atoms with van der Waals surface area (Å²) in [6.07, 6.45) is 1.77. The highest BCUT2D eigenvalue weighted by molar-refractivity contribution is 6.39. The summed E-state index contributed by atoms with van der Waals surface area (Å²) in [6, 6.07) is 5.34. The maximum atomic E-state index is 6.17. The molecule has 0 amide bonds. The minimum Gasteiger partial charge on any atom is -0.360 e. The lowest BCUT2D eigenvalue weighted by molar-refractivity contribution is 0.383. The van der Waals surface area contributed by atoms with Gasteiger partial charge in [-0.15, -0.1) is 11.6 Å². The third-order valence-corrected chi connectivity index (χ3v) is 3.58. The maximum absolute atomic E-state index is 6.17. The van der Waals surface area contributed by atoms with Crippen LogP contribution in [-0.4, -0.2) is 5.16 Å². The van der Waals surface area contributed by atoms with Crippen molar-refractivity contribution in [1.29, 1.82) is 0 Å².